The maximum Gasteiger partial charge on any atom is 0.337 e. The maximum atomic E-state index is 11.6. The number of benzene rings is 1. The Kier molecular flexibility index (Phi) is 4.73. The minimum atomic E-state index is -3.32. The minimum absolute atomic E-state index is 0.0523. The van der Waals surface area contributed by atoms with Crippen molar-refractivity contribution in [2.75, 3.05) is 37.4 Å². The minimum Gasteiger partial charge on any atom is -0.478 e. The van der Waals surface area contributed by atoms with Gasteiger partial charge in [-0.3, -0.25) is 0 Å². The van der Waals surface area contributed by atoms with E-state index < -0.39 is 16.0 Å². The molecule has 1 rings (SSSR count). The van der Waals surface area contributed by atoms with Crippen molar-refractivity contribution in [3.63, 3.8) is 0 Å². The maximum absolute atomic E-state index is 11.6. The van der Waals surface area contributed by atoms with Crippen LogP contribution >= 0.6 is 0 Å². The SMILES string of the molecule is CN(C)S(=O)(=O)CCNc1cc(N)ccc1C(=O)O. The number of carboxylic acid groups (broad SMARTS) is 1. The van der Waals surface area contributed by atoms with Crippen LogP contribution in [0.15, 0.2) is 18.2 Å². The number of nitrogens with two attached hydrogens (primary N) is 1. The Morgan fingerprint density at radius 1 is 1.42 bits per heavy atom. The molecule has 106 valence electrons. The van der Waals surface area contributed by atoms with E-state index in [9.17, 15) is 13.2 Å². The number of nitrogens with zero attached hydrogens (tertiary/aromatic N) is 1. The van der Waals surface area contributed by atoms with Crippen LogP contribution in [-0.2, 0) is 10.0 Å². The molecule has 1 aromatic carbocycles. The Balaban J connectivity index is 2.78. The third-order valence-electron chi connectivity index (χ3n) is 2.51. The van der Waals surface area contributed by atoms with Crippen LogP contribution in [0.2, 0.25) is 0 Å². The molecule has 0 saturated carbocycles. The molecule has 0 unspecified atom stereocenters. The second-order valence-corrected chi connectivity index (χ2v) is 6.44. The lowest BCUT2D eigenvalue weighted by atomic mass is 10.1. The molecule has 0 heterocycles. The van der Waals surface area contributed by atoms with Crippen LogP contribution in [0.3, 0.4) is 0 Å². The van der Waals surface area contributed by atoms with E-state index in [-0.39, 0.29) is 17.9 Å². The number of rotatable bonds is 6. The normalized spacial score (nSPS) is 11.5. The van der Waals surface area contributed by atoms with E-state index in [4.69, 9.17) is 10.8 Å². The lowest BCUT2D eigenvalue weighted by Gasteiger charge is -2.13. The fraction of sp³-hybridized carbons (Fsp3) is 0.364. The van der Waals surface area contributed by atoms with Gasteiger partial charge in [0.15, 0.2) is 0 Å². The summed E-state index contributed by atoms with van der Waals surface area (Å²) >= 11 is 0. The summed E-state index contributed by atoms with van der Waals surface area (Å²) in [5.41, 5.74) is 6.34. The molecule has 0 atom stereocenters. The highest BCUT2D eigenvalue weighted by Gasteiger charge is 2.14. The second-order valence-electron chi connectivity index (χ2n) is 4.14. The zero-order chi connectivity index (χ0) is 14.6. The molecule has 0 spiro atoms. The van der Waals surface area contributed by atoms with E-state index in [1.807, 2.05) is 0 Å². The summed E-state index contributed by atoms with van der Waals surface area (Å²) < 4.78 is 24.2. The Hall–Kier alpha value is -1.80. The van der Waals surface area contributed by atoms with Gasteiger partial charge in [0.05, 0.1) is 17.0 Å². The zero-order valence-corrected chi connectivity index (χ0v) is 11.6. The molecule has 0 aliphatic carbocycles. The van der Waals surface area contributed by atoms with Gasteiger partial charge < -0.3 is 16.2 Å². The quantitative estimate of drug-likeness (QED) is 0.647. The molecule has 1 aromatic rings. The van der Waals surface area contributed by atoms with Crippen molar-refractivity contribution in [1.29, 1.82) is 0 Å². The van der Waals surface area contributed by atoms with E-state index >= 15 is 0 Å². The topological polar surface area (TPSA) is 113 Å². The van der Waals surface area contributed by atoms with Crippen molar-refractivity contribution in [2.45, 2.75) is 0 Å². The molecule has 0 radical (unpaired) electrons. The largest absolute Gasteiger partial charge is 0.478 e. The Morgan fingerprint density at radius 3 is 2.58 bits per heavy atom. The third kappa shape index (κ3) is 4.11. The van der Waals surface area contributed by atoms with Gasteiger partial charge in [-0.05, 0) is 18.2 Å². The van der Waals surface area contributed by atoms with E-state index in [2.05, 4.69) is 5.32 Å². The summed E-state index contributed by atoms with van der Waals surface area (Å²) in [7, 11) is -0.433. The van der Waals surface area contributed by atoms with Crippen LogP contribution in [0, 0.1) is 0 Å². The number of aromatic carboxylic acids is 1. The second kappa shape index (κ2) is 5.89. The molecule has 4 N–H and O–H groups in total. The zero-order valence-electron chi connectivity index (χ0n) is 10.8. The average Bonchev–Trinajstić information content (AvgIpc) is 2.28. The van der Waals surface area contributed by atoms with Gasteiger partial charge >= 0.3 is 5.97 Å². The number of sulfonamides is 1. The molecular formula is C11H17N3O4S. The monoisotopic (exact) mass is 287 g/mol. The summed E-state index contributed by atoms with van der Waals surface area (Å²) in [4.78, 5) is 11.0. The van der Waals surface area contributed by atoms with Gasteiger partial charge in [-0.1, -0.05) is 0 Å². The van der Waals surface area contributed by atoms with Crippen molar-refractivity contribution in [3.05, 3.63) is 23.8 Å². The molecule has 0 aromatic heterocycles. The van der Waals surface area contributed by atoms with Crippen LogP contribution in [0.1, 0.15) is 10.4 Å². The van der Waals surface area contributed by atoms with Crippen LogP contribution in [-0.4, -0.2) is 50.2 Å². The molecule has 7 nitrogen and oxygen atoms in total. The highest BCUT2D eigenvalue weighted by molar-refractivity contribution is 7.89. The van der Waals surface area contributed by atoms with Crippen LogP contribution in [0.25, 0.3) is 0 Å². The first-order chi connectivity index (χ1) is 8.74. The first-order valence-electron chi connectivity index (χ1n) is 5.51. The summed E-state index contributed by atoms with van der Waals surface area (Å²) in [6.07, 6.45) is 0. The number of anilines is 2. The fourth-order valence-electron chi connectivity index (χ4n) is 1.39. The molecule has 0 fully saturated rings. The van der Waals surface area contributed by atoms with Crippen LogP contribution in [0.5, 0.6) is 0 Å². The lowest BCUT2D eigenvalue weighted by molar-refractivity contribution is 0.0698. The van der Waals surface area contributed by atoms with Gasteiger partial charge in [0.1, 0.15) is 0 Å². The number of hydrogen-bond donors (Lipinski definition) is 3. The number of carbonyl (C=O) groups is 1. The highest BCUT2D eigenvalue weighted by Crippen LogP contribution is 2.19. The van der Waals surface area contributed by atoms with Crippen molar-refractivity contribution < 1.29 is 18.3 Å². The standard InChI is InChI=1S/C11H17N3O4S/c1-14(2)19(17,18)6-5-13-10-7-8(12)3-4-9(10)11(15)16/h3-4,7,13H,5-6,12H2,1-2H3,(H,15,16). The number of nitrogen functional groups attached to an aromatic ring is 1. The van der Waals surface area contributed by atoms with Gasteiger partial charge in [0, 0.05) is 26.3 Å². The average molecular weight is 287 g/mol. The fourth-order valence-corrected chi connectivity index (χ4v) is 2.12. The summed E-state index contributed by atoms with van der Waals surface area (Å²) in [5.74, 6) is -1.23. The Labute approximate surface area is 112 Å². The molecular weight excluding hydrogens is 270 g/mol. The van der Waals surface area contributed by atoms with Crippen molar-refractivity contribution in [3.8, 4) is 0 Å². The molecule has 0 aliphatic heterocycles. The molecule has 0 bridgehead atoms. The van der Waals surface area contributed by atoms with Crippen LogP contribution in [0.4, 0.5) is 11.4 Å². The van der Waals surface area contributed by atoms with Gasteiger partial charge in [0.25, 0.3) is 0 Å². The molecule has 0 saturated heterocycles. The Morgan fingerprint density at radius 2 is 2.05 bits per heavy atom. The van der Waals surface area contributed by atoms with E-state index in [1.165, 1.54) is 32.3 Å². The Bertz CT molecular complexity index is 569. The van der Waals surface area contributed by atoms with Crippen molar-refractivity contribution >= 4 is 27.4 Å². The summed E-state index contributed by atoms with van der Waals surface area (Å²) in [6.45, 7) is 0.101. The summed E-state index contributed by atoms with van der Waals surface area (Å²) in [5, 5.41) is 11.8. The van der Waals surface area contributed by atoms with Crippen LogP contribution < -0.4 is 11.1 Å². The predicted octanol–water partition coefficient (Wildman–Crippen LogP) is 0.270. The van der Waals surface area contributed by atoms with Gasteiger partial charge in [0.2, 0.25) is 10.0 Å². The number of carboxylic acids is 1. The smallest absolute Gasteiger partial charge is 0.337 e. The molecule has 19 heavy (non-hydrogen) atoms. The lowest BCUT2D eigenvalue weighted by Crippen LogP contribution is -2.28. The van der Waals surface area contributed by atoms with Crippen molar-refractivity contribution in [1.82, 2.24) is 4.31 Å². The third-order valence-corrected chi connectivity index (χ3v) is 4.34. The van der Waals surface area contributed by atoms with Gasteiger partial charge in [-0.25, -0.2) is 17.5 Å². The molecule has 8 heteroatoms. The molecule has 0 aliphatic rings. The summed E-state index contributed by atoms with van der Waals surface area (Å²) in [6, 6.07) is 4.32. The van der Waals surface area contributed by atoms with E-state index in [1.54, 1.807) is 0 Å². The van der Waals surface area contributed by atoms with Crippen molar-refractivity contribution in [2.24, 2.45) is 0 Å². The van der Waals surface area contributed by atoms with Gasteiger partial charge in [-0.15, -0.1) is 0 Å². The van der Waals surface area contributed by atoms with E-state index in [0.29, 0.717) is 11.4 Å². The number of nitrogens with one attached hydrogen (secondary N) is 1. The van der Waals surface area contributed by atoms with Gasteiger partial charge in [-0.2, -0.15) is 0 Å². The number of hydrogen-bond acceptors (Lipinski definition) is 5. The molecule has 0 amide bonds. The highest BCUT2D eigenvalue weighted by atomic mass is 32.2. The first-order valence-corrected chi connectivity index (χ1v) is 7.12. The van der Waals surface area contributed by atoms with E-state index in [0.717, 1.165) is 4.31 Å². The first kappa shape index (κ1) is 15.3. The predicted molar refractivity (Wildman–Crippen MR) is 73.8 cm³/mol.